The van der Waals surface area contributed by atoms with Gasteiger partial charge in [0.25, 0.3) is 0 Å². The Morgan fingerprint density at radius 1 is 0.538 bits per heavy atom. The fraction of sp³-hybridized carbons (Fsp3) is 0.0400. The van der Waals surface area contributed by atoms with Crippen molar-refractivity contribution >= 4 is 31.5 Å². The molecule has 0 saturated heterocycles. The summed E-state index contributed by atoms with van der Waals surface area (Å²) >= 11 is 1.91. The molecule has 1 heteroatoms. The van der Waals surface area contributed by atoms with E-state index < -0.39 is 0 Å². The van der Waals surface area contributed by atoms with Crippen LogP contribution in [0, 0.1) is 6.92 Å². The highest BCUT2D eigenvalue weighted by Crippen LogP contribution is 2.41. The van der Waals surface area contributed by atoms with Crippen molar-refractivity contribution < 1.29 is 0 Å². The van der Waals surface area contributed by atoms with Gasteiger partial charge in [-0.2, -0.15) is 0 Å². The molecule has 0 amide bonds. The molecule has 0 unspecified atom stereocenters. The third kappa shape index (κ3) is 2.44. The molecule has 0 aliphatic rings. The van der Waals surface area contributed by atoms with Crippen LogP contribution >= 0.6 is 11.3 Å². The SMILES string of the molecule is Cc1cccc2c1sc1c(-c3cccc(-c4ccccc4)c3)cccc12. The van der Waals surface area contributed by atoms with Crippen LogP contribution in [0.5, 0.6) is 0 Å². The minimum Gasteiger partial charge on any atom is -0.134 e. The molecule has 0 N–H and O–H groups in total. The number of aryl methyl sites for hydroxylation is 1. The summed E-state index contributed by atoms with van der Waals surface area (Å²) in [7, 11) is 0. The number of rotatable bonds is 2. The van der Waals surface area contributed by atoms with E-state index in [2.05, 4.69) is 97.9 Å². The highest BCUT2D eigenvalue weighted by Gasteiger charge is 2.11. The Hall–Kier alpha value is -2.90. The number of benzene rings is 4. The van der Waals surface area contributed by atoms with E-state index in [0.717, 1.165) is 0 Å². The van der Waals surface area contributed by atoms with Crippen LogP contribution in [0.2, 0.25) is 0 Å². The Morgan fingerprint density at radius 3 is 2.04 bits per heavy atom. The van der Waals surface area contributed by atoms with Crippen molar-refractivity contribution in [1.29, 1.82) is 0 Å². The van der Waals surface area contributed by atoms with Crippen molar-refractivity contribution in [2.24, 2.45) is 0 Å². The van der Waals surface area contributed by atoms with Gasteiger partial charge < -0.3 is 0 Å². The maximum atomic E-state index is 2.31. The van der Waals surface area contributed by atoms with Crippen molar-refractivity contribution in [3.8, 4) is 22.3 Å². The smallest absolute Gasteiger partial charge is 0.0433 e. The summed E-state index contributed by atoms with van der Waals surface area (Å²) < 4.78 is 2.77. The number of hydrogen-bond acceptors (Lipinski definition) is 1. The molecule has 0 spiro atoms. The molecule has 0 atom stereocenters. The molecule has 0 radical (unpaired) electrons. The molecule has 5 rings (SSSR count). The Bertz CT molecular complexity index is 1230. The third-order valence-electron chi connectivity index (χ3n) is 5.00. The van der Waals surface area contributed by atoms with Gasteiger partial charge in [0, 0.05) is 20.2 Å². The van der Waals surface area contributed by atoms with E-state index in [4.69, 9.17) is 0 Å². The van der Waals surface area contributed by atoms with Crippen LogP contribution in [0.3, 0.4) is 0 Å². The van der Waals surface area contributed by atoms with Crippen molar-refractivity contribution in [2.75, 3.05) is 0 Å². The molecule has 4 aromatic carbocycles. The van der Waals surface area contributed by atoms with E-state index >= 15 is 0 Å². The summed E-state index contributed by atoms with van der Waals surface area (Å²) in [5, 5.41) is 2.72. The van der Waals surface area contributed by atoms with Crippen LogP contribution in [-0.4, -0.2) is 0 Å². The second kappa shape index (κ2) is 6.12. The van der Waals surface area contributed by atoms with E-state index in [1.165, 1.54) is 48.0 Å². The molecular formula is C25H18S. The van der Waals surface area contributed by atoms with Gasteiger partial charge in [-0.1, -0.05) is 84.9 Å². The highest BCUT2D eigenvalue weighted by molar-refractivity contribution is 7.26. The zero-order valence-corrected chi connectivity index (χ0v) is 15.4. The summed E-state index contributed by atoms with van der Waals surface area (Å²) in [6.45, 7) is 2.20. The molecule has 0 nitrogen and oxygen atoms in total. The van der Waals surface area contributed by atoms with Gasteiger partial charge in [-0.05, 0) is 40.8 Å². The van der Waals surface area contributed by atoms with Crippen molar-refractivity contribution in [1.82, 2.24) is 0 Å². The predicted octanol–water partition coefficient (Wildman–Crippen LogP) is 7.70. The zero-order chi connectivity index (χ0) is 17.5. The van der Waals surface area contributed by atoms with E-state index in [1.54, 1.807) is 0 Å². The van der Waals surface area contributed by atoms with Gasteiger partial charge >= 0.3 is 0 Å². The lowest BCUT2D eigenvalue weighted by molar-refractivity contribution is 1.56. The fourth-order valence-corrected chi connectivity index (χ4v) is 4.99. The van der Waals surface area contributed by atoms with E-state index in [0.29, 0.717) is 0 Å². The maximum absolute atomic E-state index is 2.31. The molecule has 0 fully saturated rings. The van der Waals surface area contributed by atoms with E-state index in [1.807, 2.05) is 11.3 Å². The minimum absolute atomic E-state index is 1.26. The molecule has 1 heterocycles. The monoisotopic (exact) mass is 350 g/mol. The number of hydrogen-bond donors (Lipinski definition) is 0. The first-order valence-electron chi connectivity index (χ1n) is 8.88. The second-order valence-electron chi connectivity index (χ2n) is 6.68. The Kier molecular flexibility index (Phi) is 3.62. The summed E-state index contributed by atoms with van der Waals surface area (Å²) in [5.74, 6) is 0. The lowest BCUT2D eigenvalue weighted by Gasteiger charge is -2.07. The summed E-state index contributed by atoms with van der Waals surface area (Å²) in [6.07, 6.45) is 0. The first-order valence-corrected chi connectivity index (χ1v) is 9.69. The quantitative estimate of drug-likeness (QED) is 0.306. The van der Waals surface area contributed by atoms with Crippen LogP contribution in [0.1, 0.15) is 5.56 Å². The van der Waals surface area contributed by atoms with Crippen LogP contribution in [-0.2, 0) is 0 Å². The van der Waals surface area contributed by atoms with Gasteiger partial charge in [0.2, 0.25) is 0 Å². The maximum Gasteiger partial charge on any atom is 0.0433 e. The lowest BCUT2D eigenvalue weighted by Crippen LogP contribution is -1.81. The molecule has 124 valence electrons. The zero-order valence-electron chi connectivity index (χ0n) is 14.6. The lowest BCUT2D eigenvalue weighted by atomic mass is 9.98. The highest BCUT2D eigenvalue weighted by atomic mass is 32.1. The van der Waals surface area contributed by atoms with Crippen molar-refractivity contribution in [3.63, 3.8) is 0 Å². The van der Waals surface area contributed by atoms with Crippen molar-refractivity contribution in [2.45, 2.75) is 6.92 Å². The summed E-state index contributed by atoms with van der Waals surface area (Å²) in [6, 6.07) is 32.7. The first-order chi connectivity index (χ1) is 12.8. The number of thiophene rings is 1. The molecule has 5 aromatic rings. The Labute approximate surface area is 157 Å². The van der Waals surface area contributed by atoms with Gasteiger partial charge in [-0.25, -0.2) is 0 Å². The van der Waals surface area contributed by atoms with Crippen LogP contribution in [0.4, 0.5) is 0 Å². The van der Waals surface area contributed by atoms with E-state index in [9.17, 15) is 0 Å². The number of fused-ring (bicyclic) bond motifs is 3. The minimum atomic E-state index is 1.26. The standard InChI is InChI=1S/C25H18S/c1-17-8-5-14-22-23-15-7-13-21(25(23)26-24(17)22)20-12-6-11-19(16-20)18-9-3-2-4-10-18/h2-16H,1H3. The third-order valence-corrected chi connectivity index (χ3v) is 6.39. The summed E-state index contributed by atoms with van der Waals surface area (Å²) in [4.78, 5) is 0. The second-order valence-corrected chi connectivity index (χ2v) is 7.70. The van der Waals surface area contributed by atoms with E-state index in [-0.39, 0.29) is 0 Å². The molecular weight excluding hydrogens is 332 g/mol. The topological polar surface area (TPSA) is 0 Å². The average molecular weight is 350 g/mol. The van der Waals surface area contributed by atoms with Gasteiger partial charge in [0.15, 0.2) is 0 Å². The molecule has 0 bridgehead atoms. The Balaban J connectivity index is 1.75. The average Bonchev–Trinajstić information content (AvgIpc) is 3.09. The molecule has 0 aliphatic carbocycles. The van der Waals surface area contributed by atoms with Crippen LogP contribution < -0.4 is 0 Å². The molecule has 0 aliphatic heterocycles. The molecule has 26 heavy (non-hydrogen) atoms. The van der Waals surface area contributed by atoms with Gasteiger partial charge in [-0.15, -0.1) is 11.3 Å². The first kappa shape index (κ1) is 15.4. The van der Waals surface area contributed by atoms with Crippen LogP contribution in [0.15, 0.2) is 91.0 Å². The Morgan fingerprint density at radius 2 is 1.19 bits per heavy atom. The van der Waals surface area contributed by atoms with Gasteiger partial charge in [-0.3, -0.25) is 0 Å². The largest absolute Gasteiger partial charge is 0.134 e. The van der Waals surface area contributed by atoms with Gasteiger partial charge in [0.1, 0.15) is 0 Å². The predicted molar refractivity (Wildman–Crippen MR) is 115 cm³/mol. The normalized spacial score (nSPS) is 11.3. The van der Waals surface area contributed by atoms with Gasteiger partial charge in [0.05, 0.1) is 0 Å². The molecule has 1 aromatic heterocycles. The van der Waals surface area contributed by atoms with Crippen molar-refractivity contribution in [3.05, 3.63) is 96.6 Å². The fourth-order valence-electron chi connectivity index (χ4n) is 3.69. The summed E-state index contributed by atoms with van der Waals surface area (Å²) in [5.41, 5.74) is 6.47. The molecule has 0 saturated carbocycles. The van der Waals surface area contributed by atoms with Crippen LogP contribution in [0.25, 0.3) is 42.4 Å².